The third-order valence-corrected chi connectivity index (χ3v) is 4.22. The van der Waals surface area contributed by atoms with E-state index in [4.69, 9.17) is 4.74 Å². The topological polar surface area (TPSA) is 61.7 Å². The lowest BCUT2D eigenvalue weighted by Crippen LogP contribution is -2.36. The van der Waals surface area contributed by atoms with Gasteiger partial charge in [-0.05, 0) is 29.7 Å². The third kappa shape index (κ3) is 4.23. The third-order valence-electron chi connectivity index (χ3n) is 4.22. The number of aliphatic hydroxyl groups is 2. The summed E-state index contributed by atoms with van der Waals surface area (Å²) in [6.45, 7) is 1.15. The van der Waals surface area contributed by atoms with Gasteiger partial charge >= 0.3 is 0 Å². The van der Waals surface area contributed by atoms with E-state index < -0.39 is 6.10 Å². The van der Waals surface area contributed by atoms with Crippen molar-refractivity contribution < 1.29 is 14.9 Å². The zero-order valence-electron chi connectivity index (χ0n) is 13.6. The summed E-state index contributed by atoms with van der Waals surface area (Å²) in [5.41, 5.74) is 3.07. The Bertz CT molecular complexity index is 684. The zero-order valence-corrected chi connectivity index (χ0v) is 13.6. The van der Waals surface area contributed by atoms with Crippen molar-refractivity contribution in [2.24, 2.45) is 0 Å². The summed E-state index contributed by atoms with van der Waals surface area (Å²) < 4.78 is 5.73. The largest absolute Gasteiger partial charge is 0.489 e. The van der Waals surface area contributed by atoms with Gasteiger partial charge in [0.1, 0.15) is 12.4 Å². The molecule has 1 heterocycles. The van der Waals surface area contributed by atoms with E-state index >= 15 is 0 Å². The van der Waals surface area contributed by atoms with E-state index in [1.165, 1.54) is 0 Å². The number of benzene rings is 2. The van der Waals surface area contributed by atoms with Crippen LogP contribution in [0.2, 0.25) is 0 Å². The highest BCUT2D eigenvalue weighted by Gasteiger charge is 2.17. The second-order valence-corrected chi connectivity index (χ2v) is 6.05. The van der Waals surface area contributed by atoms with Gasteiger partial charge in [-0.1, -0.05) is 48.5 Å². The van der Waals surface area contributed by atoms with Crippen LogP contribution in [0.15, 0.2) is 60.2 Å². The Morgan fingerprint density at radius 1 is 1.04 bits per heavy atom. The summed E-state index contributed by atoms with van der Waals surface area (Å²) in [7, 11) is 0. The lowest BCUT2D eigenvalue weighted by molar-refractivity contribution is 0.130. The first-order valence-electron chi connectivity index (χ1n) is 8.25. The lowest BCUT2D eigenvalue weighted by Gasteiger charge is -2.23. The fourth-order valence-electron chi connectivity index (χ4n) is 2.84. The normalized spacial score (nSPS) is 15.8. The van der Waals surface area contributed by atoms with Crippen molar-refractivity contribution in [1.82, 2.24) is 5.32 Å². The van der Waals surface area contributed by atoms with Crippen LogP contribution in [0.5, 0.6) is 5.75 Å². The Kier molecular flexibility index (Phi) is 5.64. The molecule has 2 atom stereocenters. The van der Waals surface area contributed by atoms with Crippen molar-refractivity contribution in [2.45, 2.75) is 18.6 Å². The van der Waals surface area contributed by atoms with Gasteiger partial charge in [-0.3, -0.25) is 0 Å². The van der Waals surface area contributed by atoms with E-state index in [-0.39, 0.29) is 12.6 Å². The molecule has 0 fully saturated rings. The minimum Gasteiger partial charge on any atom is -0.489 e. The average molecular weight is 325 g/mol. The Labute approximate surface area is 142 Å². The first-order chi connectivity index (χ1) is 11.8. The van der Waals surface area contributed by atoms with E-state index in [9.17, 15) is 10.2 Å². The Morgan fingerprint density at radius 2 is 1.79 bits per heavy atom. The Hall–Kier alpha value is -2.14. The zero-order chi connectivity index (χ0) is 16.8. The quantitative estimate of drug-likeness (QED) is 0.732. The number of hydrogen-bond donors (Lipinski definition) is 3. The summed E-state index contributed by atoms with van der Waals surface area (Å²) in [4.78, 5) is 0. The summed E-state index contributed by atoms with van der Waals surface area (Å²) in [6, 6.07) is 17.3. The Morgan fingerprint density at radius 3 is 2.58 bits per heavy atom. The smallest absolute Gasteiger partial charge is 0.127 e. The molecule has 24 heavy (non-hydrogen) atoms. The lowest BCUT2D eigenvalue weighted by atomic mass is 10.0. The van der Waals surface area contributed by atoms with E-state index in [0.717, 1.165) is 22.4 Å². The van der Waals surface area contributed by atoms with Crippen LogP contribution in [0.4, 0.5) is 0 Å². The summed E-state index contributed by atoms with van der Waals surface area (Å²) in [5, 5.41) is 23.2. The standard InChI is InChI=1S/C20H23NO3/c22-13-18(11-19(23)16-6-2-1-3-7-16)21-12-15-10-17-8-4-5-9-20(17)24-14-15/h1-10,18-19,21-23H,11-14H2. The van der Waals surface area contributed by atoms with Gasteiger partial charge in [0, 0.05) is 18.2 Å². The molecule has 0 saturated carbocycles. The van der Waals surface area contributed by atoms with Gasteiger partial charge in [-0.25, -0.2) is 0 Å². The second kappa shape index (κ2) is 8.11. The van der Waals surface area contributed by atoms with Crippen LogP contribution in [-0.2, 0) is 0 Å². The SMILES string of the molecule is OCC(CC(O)c1ccccc1)NCC1=Cc2ccccc2OC1. The van der Waals surface area contributed by atoms with Gasteiger partial charge < -0.3 is 20.3 Å². The van der Waals surface area contributed by atoms with Crippen LogP contribution >= 0.6 is 0 Å². The molecular weight excluding hydrogens is 302 g/mol. The predicted molar refractivity (Wildman–Crippen MR) is 94.8 cm³/mol. The van der Waals surface area contributed by atoms with E-state index in [1.807, 2.05) is 54.6 Å². The molecule has 1 aliphatic rings. The molecule has 126 valence electrons. The van der Waals surface area contributed by atoms with Crippen molar-refractivity contribution >= 4 is 6.08 Å². The minimum atomic E-state index is -0.590. The average Bonchev–Trinajstić information content (AvgIpc) is 2.65. The molecule has 0 amide bonds. The number of nitrogens with one attached hydrogen (secondary N) is 1. The van der Waals surface area contributed by atoms with Crippen LogP contribution in [-0.4, -0.2) is 36.0 Å². The molecule has 2 aromatic rings. The number of rotatable bonds is 7. The number of hydrogen-bond acceptors (Lipinski definition) is 4. The van der Waals surface area contributed by atoms with Crippen LogP contribution in [0.25, 0.3) is 6.08 Å². The van der Waals surface area contributed by atoms with Crippen LogP contribution < -0.4 is 10.1 Å². The number of fused-ring (bicyclic) bond motifs is 1. The highest BCUT2D eigenvalue weighted by molar-refractivity contribution is 5.62. The van der Waals surface area contributed by atoms with E-state index in [2.05, 4.69) is 11.4 Å². The van der Waals surface area contributed by atoms with Gasteiger partial charge in [0.15, 0.2) is 0 Å². The molecular formula is C20H23NO3. The van der Waals surface area contributed by atoms with Crippen molar-refractivity contribution in [3.8, 4) is 5.75 Å². The van der Waals surface area contributed by atoms with E-state index in [1.54, 1.807) is 0 Å². The van der Waals surface area contributed by atoms with Crippen LogP contribution in [0.3, 0.4) is 0 Å². The Balaban J connectivity index is 1.56. The molecule has 0 aliphatic carbocycles. The van der Waals surface area contributed by atoms with Gasteiger partial charge in [0.05, 0.1) is 12.7 Å². The summed E-state index contributed by atoms with van der Waals surface area (Å²) in [5.74, 6) is 0.902. The number of para-hydroxylation sites is 1. The second-order valence-electron chi connectivity index (χ2n) is 6.05. The van der Waals surface area contributed by atoms with Crippen LogP contribution in [0, 0.1) is 0 Å². The molecule has 4 heteroatoms. The maximum Gasteiger partial charge on any atom is 0.127 e. The molecule has 0 spiro atoms. The summed E-state index contributed by atoms with van der Waals surface area (Å²) >= 11 is 0. The monoisotopic (exact) mass is 325 g/mol. The van der Waals surface area contributed by atoms with Crippen molar-refractivity contribution in [3.63, 3.8) is 0 Å². The van der Waals surface area contributed by atoms with Gasteiger partial charge in [0.25, 0.3) is 0 Å². The first kappa shape index (κ1) is 16.7. The van der Waals surface area contributed by atoms with Gasteiger partial charge in [-0.2, -0.15) is 0 Å². The molecule has 3 rings (SSSR count). The first-order valence-corrected chi connectivity index (χ1v) is 8.25. The van der Waals surface area contributed by atoms with Gasteiger partial charge in [0.2, 0.25) is 0 Å². The molecule has 2 unspecified atom stereocenters. The highest BCUT2D eigenvalue weighted by atomic mass is 16.5. The molecule has 0 aromatic heterocycles. The maximum atomic E-state index is 10.3. The predicted octanol–water partition coefficient (Wildman–Crippen LogP) is 2.54. The van der Waals surface area contributed by atoms with Crippen molar-refractivity contribution in [1.29, 1.82) is 0 Å². The fraction of sp³-hybridized carbons (Fsp3) is 0.300. The number of aliphatic hydroxyl groups excluding tert-OH is 2. The molecule has 4 nitrogen and oxygen atoms in total. The highest BCUT2D eigenvalue weighted by Crippen LogP contribution is 2.25. The molecule has 0 radical (unpaired) electrons. The maximum absolute atomic E-state index is 10.3. The van der Waals surface area contributed by atoms with Crippen molar-refractivity contribution in [3.05, 3.63) is 71.3 Å². The molecule has 3 N–H and O–H groups in total. The molecule has 2 aromatic carbocycles. The summed E-state index contributed by atoms with van der Waals surface area (Å²) in [6.07, 6.45) is 1.99. The van der Waals surface area contributed by atoms with Crippen molar-refractivity contribution in [2.75, 3.05) is 19.8 Å². The molecule has 0 bridgehead atoms. The number of ether oxygens (including phenoxy) is 1. The molecule has 0 saturated heterocycles. The van der Waals surface area contributed by atoms with Gasteiger partial charge in [-0.15, -0.1) is 0 Å². The molecule has 1 aliphatic heterocycles. The van der Waals surface area contributed by atoms with E-state index in [0.29, 0.717) is 19.6 Å². The van der Waals surface area contributed by atoms with Crippen LogP contribution in [0.1, 0.15) is 23.7 Å². The fourth-order valence-corrected chi connectivity index (χ4v) is 2.84. The minimum absolute atomic E-state index is 0.0192.